The fourth-order valence-electron chi connectivity index (χ4n) is 6.04. The standard InChI is InChI=1S/C20H22BrN5O2/c21-18-23-12-26(24-18)20-9-13-6-14(10-20)8-19(7-13,11-20)17(27)28-25-16(22)15-4-2-1-3-5-15/h1-5,12-14H,6-11H2,(H2,22,25). The van der Waals surface area contributed by atoms with Crippen LogP contribution in [0, 0.1) is 17.3 Å². The van der Waals surface area contributed by atoms with Gasteiger partial charge in [-0.3, -0.25) is 0 Å². The fourth-order valence-corrected chi connectivity index (χ4v) is 6.30. The number of halogens is 1. The summed E-state index contributed by atoms with van der Waals surface area (Å²) in [5, 5.41) is 8.48. The van der Waals surface area contributed by atoms with Gasteiger partial charge in [-0.15, -0.1) is 5.10 Å². The third-order valence-corrected chi connectivity index (χ3v) is 7.07. The van der Waals surface area contributed by atoms with Crippen molar-refractivity contribution in [3.8, 4) is 0 Å². The average molecular weight is 444 g/mol. The summed E-state index contributed by atoms with van der Waals surface area (Å²) in [7, 11) is 0. The Morgan fingerprint density at radius 1 is 1.21 bits per heavy atom. The van der Waals surface area contributed by atoms with Crippen LogP contribution in [-0.4, -0.2) is 26.6 Å². The van der Waals surface area contributed by atoms with Crippen molar-refractivity contribution in [1.29, 1.82) is 0 Å². The van der Waals surface area contributed by atoms with Crippen LogP contribution >= 0.6 is 15.9 Å². The SMILES string of the molecule is N/C(=N\OC(=O)C12CC3CC(C1)CC(n1cnc(Br)n1)(C3)C2)c1ccccc1. The summed E-state index contributed by atoms with van der Waals surface area (Å²) in [6, 6.07) is 9.33. The van der Waals surface area contributed by atoms with E-state index in [1.807, 2.05) is 35.0 Å². The van der Waals surface area contributed by atoms with Gasteiger partial charge >= 0.3 is 5.97 Å². The molecule has 1 heterocycles. The Morgan fingerprint density at radius 2 is 1.93 bits per heavy atom. The highest BCUT2D eigenvalue weighted by Gasteiger charge is 2.62. The second-order valence-corrected chi connectivity index (χ2v) is 9.35. The van der Waals surface area contributed by atoms with Gasteiger partial charge in [0.05, 0.1) is 11.0 Å². The molecule has 7 nitrogen and oxygen atoms in total. The van der Waals surface area contributed by atoms with Gasteiger partial charge in [-0.05, 0) is 66.3 Å². The van der Waals surface area contributed by atoms with Crippen LogP contribution in [0.4, 0.5) is 0 Å². The van der Waals surface area contributed by atoms with Gasteiger partial charge in [-0.25, -0.2) is 14.5 Å². The topological polar surface area (TPSA) is 95.4 Å². The normalized spacial score (nSPS) is 33.8. The van der Waals surface area contributed by atoms with Crippen LogP contribution in [0.5, 0.6) is 0 Å². The number of amidine groups is 1. The number of nitrogens with two attached hydrogens (primary N) is 1. The van der Waals surface area contributed by atoms with Crippen molar-refractivity contribution in [2.45, 2.75) is 44.1 Å². The molecule has 146 valence electrons. The molecule has 0 saturated heterocycles. The molecule has 0 aliphatic heterocycles. The molecule has 4 saturated carbocycles. The summed E-state index contributed by atoms with van der Waals surface area (Å²) in [6.45, 7) is 0. The fraction of sp³-hybridized carbons (Fsp3) is 0.500. The summed E-state index contributed by atoms with van der Waals surface area (Å²) in [5.41, 5.74) is 6.07. The van der Waals surface area contributed by atoms with E-state index in [2.05, 4.69) is 31.2 Å². The average Bonchev–Trinajstić information content (AvgIpc) is 3.13. The monoisotopic (exact) mass is 443 g/mol. The molecule has 4 aliphatic carbocycles. The van der Waals surface area contributed by atoms with E-state index in [1.165, 1.54) is 6.42 Å². The number of hydrogen-bond donors (Lipinski definition) is 1. The van der Waals surface area contributed by atoms with Crippen LogP contribution in [0.1, 0.15) is 44.1 Å². The van der Waals surface area contributed by atoms with Gasteiger partial charge in [0.2, 0.25) is 4.73 Å². The van der Waals surface area contributed by atoms with E-state index in [1.54, 1.807) is 6.33 Å². The van der Waals surface area contributed by atoms with Crippen LogP contribution < -0.4 is 5.73 Å². The maximum Gasteiger partial charge on any atom is 0.341 e. The number of rotatable bonds is 4. The van der Waals surface area contributed by atoms with E-state index in [9.17, 15) is 4.79 Å². The van der Waals surface area contributed by atoms with Gasteiger partial charge in [0.1, 0.15) is 6.33 Å². The molecule has 2 aromatic rings. The molecule has 2 N–H and O–H groups in total. The summed E-state index contributed by atoms with van der Waals surface area (Å²) in [6.07, 6.45) is 7.50. The first-order valence-electron chi connectivity index (χ1n) is 9.66. The van der Waals surface area contributed by atoms with Crippen LogP contribution in [-0.2, 0) is 15.2 Å². The predicted octanol–water partition coefficient (Wildman–Crippen LogP) is 3.20. The maximum absolute atomic E-state index is 13.2. The zero-order valence-corrected chi connectivity index (χ0v) is 17.0. The summed E-state index contributed by atoms with van der Waals surface area (Å²) < 4.78 is 2.55. The van der Waals surface area contributed by atoms with Gasteiger partial charge < -0.3 is 10.6 Å². The van der Waals surface area contributed by atoms with Crippen molar-refractivity contribution in [2.24, 2.45) is 28.1 Å². The lowest BCUT2D eigenvalue weighted by molar-refractivity contribution is -0.179. The zero-order valence-electron chi connectivity index (χ0n) is 15.4. The Hall–Kier alpha value is -2.22. The van der Waals surface area contributed by atoms with Gasteiger partial charge in [0.15, 0.2) is 5.84 Å². The highest BCUT2D eigenvalue weighted by molar-refractivity contribution is 9.10. The van der Waals surface area contributed by atoms with Gasteiger partial charge in [-0.2, -0.15) is 0 Å². The number of carbonyl (C=O) groups excluding carboxylic acids is 1. The smallest absolute Gasteiger partial charge is 0.341 e. The summed E-state index contributed by atoms with van der Waals surface area (Å²) in [5.74, 6) is 0.970. The lowest BCUT2D eigenvalue weighted by Gasteiger charge is -2.60. The van der Waals surface area contributed by atoms with Crippen LogP contribution in [0.25, 0.3) is 0 Å². The highest BCUT2D eigenvalue weighted by Crippen LogP contribution is 2.64. The Morgan fingerprint density at radius 3 is 2.57 bits per heavy atom. The molecule has 6 rings (SSSR count). The molecule has 0 amide bonds. The first-order valence-corrected chi connectivity index (χ1v) is 10.5. The second kappa shape index (κ2) is 6.40. The van der Waals surface area contributed by atoms with Crippen molar-refractivity contribution >= 4 is 27.7 Å². The van der Waals surface area contributed by atoms with E-state index in [0.717, 1.165) is 37.7 Å². The van der Waals surface area contributed by atoms with Crippen LogP contribution in [0.3, 0.4) is 0 Å². The van der Waals surface area contributed by atoms with Gasteiger partial charge in [0.25, 0.3) is 0 Å². The molecule has 2 atom stereocenters. The van der Waals surface area contributed by atoms with E-state index in [0.29, 0.717) is 16.6 Å². The number of nitrogens with zero attached hydrogens (tertiary/aromatic N) is 4. The Kier molecular flexibility index (Phi) is 4.08. The van der Waals surface area contributed by atoms with Gasteiger partial charge in [-0.1, -0.05) is 35.5 Å². The number of hydrogen-bond acceptors (Lipinski definition) is 5. The van der Waals surface area contributed by atoms with E-state index in [-0.39, 0.29) is 17.3 Å². The first-order chi connectivity index (χ1) is 13.5. The maximum atomic E-state index is 13.2. The first kappa shape index (κ1) is 17.8. The second-order valence-electron chi connectivity index (χ2n) is 8.65. The Balaban J connectivity index is 1.41. The molecule has 1 aromatic heterocycles. The minimum Gasteiger partial charge on any atom is -0.380 e. The lowest BCUT2D eigenvalue weighted by atomic mass is 9.47. The number of benzene rings is 1. The van der Waals surface area contributed by atoms with Crippen LogP contribution in [0.15, 0.2) is 46.5 Å². The number of aromatic nitrogens is 3. The molecule has 4 fully saturated rings. The molecule has 0 radical (unpaired) electrons. The Labute approximate surface area is 171 Å². The quantitative estimate of drug-likeness (QED) is 0.338. The molecule has 4 bridgehead atoms. The van der Waals surface area contributed by atoms with E-state index >= 15 is 0 Å². The molecular formula is C20H22BrN5O2. The summed E-state index contributed by atoms with van der Waals surface area (Å²) in [4.78, 5) is 22.8. The molecule has 0 spiro atoms. The van der Waals surface area contributed by atoms with E-state index in [4.69, 9.17) is 10.6 Å². The number of carbonyl (C=O) groups is 1. The third kappa shape index (κ3) is 2.85. The Bertz CT molecular complexity index is 927. The molecular weight excluding hydrogens is 422 g/mol. The minimum absolute atomic E-state index is 0.156. The van der Waals surface area contributed by atoms with Crippen molar-refractivity contribution in [1.82, 2.24) is 14.8 Å². The predicted molar refractivity (Wildman–Crippen MR) is 106 cm³/mol. The molecule has 2 unspecified atom stereocenters. The molecule has 8 heteroatoms. The van der Waals surface area contributed by atoms with Crippen molar-refractivity contribution in [3.05, 3.63) is 47.0 Å². The molecule has 28 heavy (non-hydrogen) atoms. The summed E-state index contributed by atoms with van der Waals surface area (Å²) >= 11 is 3.35. The largest absolute Gasteiger partial charge is 0.380 e. The van der Waals surface area contributed by atoms with Crippen molar-refractivity contribution < 1.29 is 9.63 Å². The molecule has 1 aromatic carbocycles. The highest BCUT2D eigenvalue weighted by atomic mass is 79.9. The number of oxime groups is 1. The third-order valence-electron chi connectivity index (χ3n) is 6.71. The van der Waals surface area contributed by atoms with Crippen molar-refractivity contribution in [3.63, 3.8) is 0 Å². The van der Waals surface area contributed by atoms with Crippen LogP contribution in [0.2, 0.25) is 0 Å². The van der Waals surface area contributed by atoms with Gasteiger partial charge in [0, 0.05) is 5.56 Å². The minimum atomic E-state index is -0.511. The lowest BCUT2D eigenvalue weighted by Crippen LogP contribution is -2.59. The van der Waals surface area contributed by atoms with Crippen molar-refractivity contribution in [2.75, 3.05) is 0 Å². The molecule has 4 aliphatic rings. The van der Waals surface area contributed by atoms with E-state index < -0.39 is 5.41 Å². The zero-order chi connectivity index (χ0) is 19.4.